The number of nitrogens with one attached hydrogen (secondary N) is 1. The predicted octanol–water partition coefficient (Wildman–Crippen LogP) is 5.46. The monoisotopic (exact) mass is 558 g/mol. The lowest BCUT2D eigenvalue weighted by Crippen LogP contribution is -2.39. The fraction of sp³-hybridized carbons (Fsp3) is 0.226. The number of hydrogen-bond donors (Lipinski definition) is 1. The highest BCUT2D eigenvalue weighted by Gasteiger charge is 2.27. The van der Waals surface area contributed by atoms with Gasteiger partial charge in [0.15, 0.2) is 0 Å². The molecule has 0 saturated carbocycles. The van der Waals surface area contributed by atoms with E-state index < -0.39 is 22.5 Å². The van der Waals surface area contributed by atoms with Crippen molar-refractivity contribution in [3.05, 3.63) is 107 Å². The van der Waals surface area contributed by atoms with Crippen molar-refractivity contribution in [2.24, 2.45) is 5.10 Å². The van der Waals surface area contributed by atoms with Gasteiger partial charge < -0.3 is 9.30 Å². The first-order valence-electron chi connectivity index (χ1n) is 13.0. The number of carbonyl (C=O) groups is 1. The normalized spacial score (nSPS) is 11.5. The lowest BCUT2D eigenvalue weighted by molar-refractivity contribution is -0.119. The van der Waals surface area contributed by atoms with Gasteiger partial charge >= 0.3 is 0 Å². The first-order valence-corrected chi connectivity index (χ1v) is 14.4. The molecule has 0 fully saturated rings. The summed E-state index contributed by atoms with van der Waals surface area (Å²) in [5.41, 5.74) is 9.09. The quantitative estimate of drug-likeness (QED) is 0.207. The molecular weight excluding hydrogens is 524 g/mol. The SMILES string of the molecule is CCOc1ccc(N(CC(=O)N/N=C/c2cc(C)n(-c3cc(C)cc(C)c3)c2C)S(=O)(=O)c2ccccc2)cc1. The smallest absolute Gasteiger partial charge is 0.264 e. The van der Waals surface area contributed by atoms with E-state index in [0.29, 0.717) is 18.0 Å². The van der Waals surface area contributed by atoms with Crippen LogP contribution in [-0.4, -0.2) is 38.3 Å². The number of aryl methyl sites for hydroxylation is 3. The number of amides is 1. The summed E-state index contributed by atoms with van der Waals surface area (Å²) in [4.78, 5) is 13.0. The third-order valence-electron chi connectivity index (χ3n) is 6.38. The van der Waals surface area contributed by atoms with Crippen molar-refractivity contribution in [1.29, 1.82) is 0 Å². The van der Waals surface area contributed by atoms with Gasteiger partial charge in [0, 0.05) is 22.6 Å². The minimum Gasteiger partial charge on any atom is -0.494 e. The van der Waals surface area contributed by atoms with E-state index in [-0.39, 0.29) is 4.90 Å². The van der Waals surface area contributed by atoms with Crippen LogP contribution in [-0.2, 0) is 14.8 Å². The van der Waals surface area contributed by atoms with E-state index in [0.717, 1.165) is 26.9 Å². The molecule has 0 aliphatic rings. The molecule has 3 aromatic carbocycles. The summed E-state index contributed by atoms with van der Waals surface area (Å²) in [6, 6.07) is 23.0. The van der Waals surface area contributed by atoms with Crippen molar-refractivity contribution in [2.45, 2.75) is 39.5 Å². The van der Waals surface area contributed by atoms with Crippen molar-refractivity contribution in [1.82, 2.24) is 9.99 Å². The molecule has 0 unspecified atom stereocenters. The Hall–Kier alpha value is -4.37. The van der Waals surface area contributed by atoms with E-state index in [1.165, 1.54) is 23.3 Å². The number of rotatable bonds is 10. The summed E-state index contributed by atoms with van der Waals surface area (Å²) in [5.74, 6) is 0.0311. The van der Waals surface area contributed by atoms with Gasteiger partial charge in [0.2, 0.25) is 0 Å². The standard InChI is InChI=1S/C31H34N4O4S/c1-6-39-29-14-12-27(13-15-29)34(40(37,38)30-10-8-7-9-11-30)21-31(36)33-32-20-26-19-24(4)35(25(26)5)28-17-22(2)16-23(3)18-28/h7-20H,6,21H2,1-5H3,(H,33,36)/b32-20+. The fourth-order valence-electron chi connectivity index (χ4n) is 4.65. The molecule has 0 atom stereocenters. The Morgan fingerprint density at radius 1 is 0.950 bits per heavy atom. The molecule has 9 heteroatoms. The lowest BCUT2D eigenvalue weighted by Gasteiger charge is -2.24. The van der Waals surface area contributed by atoms with Gasteiger partial charge in [-0.15, -0.1) is 0 Å². The molecule has 0 aliphatic carbocycles. The Morgan fingerprint density at radius 2 is 1.60 bits per heavy atom. The average Bonchev–Trinajstić information content (AvgIpc) is 3.20. The number of carbonyl (C=O) groups excluding carboxylic acids is 1. The number of hydrazone groups is 1. The second-order valence-electron chi connectivity index (χ2n) is 9.55. The molecule has 1 N–H and O–H groups in total. The first kappa shape index (κ1) is 28.6. The van der Waals surface area contributed by atoms with Crippen molar-refractivity contribution >= 4 is 27.8 Å². The molecular formula is C31H34N4O4S. The van der Waals surface area contributed by atoms with Crippen LogP contribution in [0.25, 0.3) is 5.69 Å². The van der Waals surface area contributed by atoms with Gasteiger partial charge in [-0.1, -0.05) is 24.3 Å². The minimum absolute atomic E-state index is 0.0824. The van der Waals surface area contributed by atoms with E-state index in [1.807, 2.05) is 26.8 Å². The number of nitrogens with zero attached hydrogens (tertiary/aromatic N) is 3. The first-order chi connectivity index (χ1) is 19.1. The third-order valence-corrected chi connectivity index (χ3v) is 8.17. The molecule has 4 rings (SSSR count). The largest absolute Gasteiger partial charge is 0.494 e. The van der Waals surface area contributed by atoms with Crippen molar-refractivity contribution in [2.75, 3.05) is 17.5 Å². The van der Waals surface area contributed by atoms with E-state index in [2.05, 4.69) is 47.1 Å². The molecule has 40 heavy (non-hydrogen) atoms. The van der Waals surface area contributed by atoms with Gasteiger partial charge in [0.1, 0.15) is 12.3 Å². The van der Waals surface area contributed by atoms with Gasteiger partial charge in [0.05, 0.1) is 23.4 Å². The summed E-state index contributed by atoms with van der Waals surface area (Å²) >= 11 is 0. The maximum atomic E-state index is 13.5. The van der Waals surface area contributed by atoms with E-state index in [4.69, 9.17) is 4.74 Å². The van der Waals surface area contributed by atoms with E-state index in [9.17, 15) is 13.2 Å². The Kier molecular flexibility index (Phi) is 8.74. The molecule has 208 valence electrons. The van der Waals surface area contributed by atoms with Gasteiger partial charge in [0.25, 0.3) is 15.9 Å². The van der Waals surface area contributed by atoms with Crippen LogP contribution < -0.4 is 14.5 Å². The van der Waals surface area contributed by atoms with Crippen molar-refractivity contribution in [3.8, 4) is 11.4 Å². The maximum absolute atomic E-state index is 13.5. The molecule has 0 radical (unpaired) electrons. The van der Waals surface area contributed by atoms with Crippen LogP contribution in [0, 0.1) is 27.7 Å². The van der Waals surface area contributed by atoms with Crippen molar-refractivity contribution < 1.29 is 17.9 Å². The molecule has 0 saturated heterocycles. The third kappa shape index (κ3) is 6.43. The maximum Gasteiger partial charge on any atom is 0.264 e. The summed E-state index contributed by atoms with van der Waals surface area (Å²) in [7, 11) is -4.02. The van der Waals surface area contributed by atoms with E-state index in [1.54, 1.807) is 48.7 Å². The second-order valence-corrected chi connectivity index (χ2v) is 11.4. The Morgan fingerprint density at radius 3 is 2.23 bits per heavy atom. The average molecular weight is 559 g/mol. The highest BCUT2D eigenvalue weighted by molar-refractivity contribution is 7.92. The number of hydrogen-bond acceptors (Lipinski definition) is 5. The molecule has 8 nitrogen and oxygen atoms in total. The fourth-order valence-corrected chi connectivity index (χ4v) is 6.09. The van der Waals surface area contributed by atoms with Crippen LogP contribution in [0.1, 0.15) is 35.0 Å². The van der Waals surface area contributed by atoms with Crippen molar-refractivity contribution in [3.63, 3.8) is 0 Å². The van der Waals surface area contributed by atoms with Gasteiger partial charge in [-0.2, -0.15) is 5.10 Å². The predicted molar refractivity (Wildman–Crippen MR) is 159 cm³/mol. The topological polar surface area (TPSA) is 93.0 Å². The Balaban J connectivity index is 1.55. The lowest BCUT2D eigenvalue weighted by atomic mass is 10.1. The van der Waals surface area contributed by atoms with Crippen LogP contribution in [0.5, 0.6) is 5.75 Å². The molecule has 1 aromatic heterocycles. The van der Waals surface area contributed by atoms with Crippen LogP contribution >= 0.6 is 0 Å². The number of benzene rings is 3. The Labute approximate surface area is 236 Å². The molecule has 1 amide bonds. The zero-order valence-corrected chi connectivity index (χ0v) is 24.2. The van der Waals surface area contributed by atoms with E-state index >= 15 is 0 Å². The van der Waals surface area contributed by atoms with Gasteiger partial charge in [-0.3, -0.25) is 9.10 Å². The number of ether oxygens (including phenoxy) is 1. The Bertz CT molecular complexity index is 1610. The van der Waals surface area contributed by atoms with Crippen LogP contribution in [0.2, 0.25) is 0 Å². The second kappa shape index (κ2) is 12.2. The molecule has 4 aromatic rings. The number of aromatic nitrogens is 1. The highest BCUT2D eigenvalue weighted by Crippen LogP contribution is 2.26. The molecule has 1 heterocycles. The van der Waals surface area contributed by atoms with Gasteiger partial charge in [-0.05, 0) is 100 Å². The van der Waals surface area contributed by atoms with Crippen LogP contribution in [0.15, 0.2) is 88.9 Å². The summed E-state index contributed by atoms with van der Waals surface area (Å²) in [6.07, 6.45) is 1.58. The minimum atomic E-state index is -4.02. The summed E-state index contributed by atoms with van der Waals surface area (Å²) in [6.45, 7) is 10.0. The summed E-state index contributed by atoms with van der Waals surface area (Å²) < 4.78 is 35.7. The van der Waals surface area contributed by atoms with Crippen LogP contribution in [0.4, 0.5) is 5.69 Å². The zero-order chi connectivity index (χ0) is 28.9. The number of anilines is 1. The summed E-state index contributed by atoms with van der Waals surface area (Å²) in [5, 5.41) is 4.15. The van der Waals surface area contributed by atoms with Gasteiger partial charge in [-0.25, -0.2) is 13.8 Å². The zero-order valence-electron chi connectivity index (χ0n) is 23.4. The van der Waals surface area contributed by atoms with Crippen LogP contribution in [0.3, 0.4) is 0 Å². The molecule has 0 spiro atoms. The molecule has 0 aliphatic heterocycles. The highest BCUT2D eigenvalue weighted by atomic mass is 32.2. The molecule has 0 bridgehead atoms. The number of sulfonamides is 1.